The fourth-order valence-corrected chi connectivity index (χ4v) is 2.13. The molecule has 1 saturated carbocycles. The summed E-state index contributed by atoms with van der Waals surface area (Å²) in [6.07, 6.45) is 2.54. The Kier molecular flexibility index (Phi) is 1.83. The summed E-state index contributed by atoms with van der Waals surface area (Å²) in [5.41, 5.74) is 0. The molecule has 1 aliphatic carbocycles. The first-order valence-corrected chi connectivity index (χ1v) is 4.63. The van der Waals surface area contributed by atoms with Gasteiger partial charge >= 0.3 is 5.97 Å². The van der Waals surface area contributed by atoms with Crippen molar-refractivity contribution in [2.75, 3.05) is 13.1 Å². The molecule has 0 aromatic rings. The predicted molar refractivity (Wildman–Crippen MR) is 44.9 cm³/mol. The second kappa shape index (κ2) is 2.73. The van der Waals surface area contributed by atoms with E-state index in [0.717, 1.165) is 19.0 Å². The van der Waals surface area contributed by atoms with Gasteiger partial charge in [0.25, 0.3) is 0 Å². The molecule has 3 nitrogen and oxygen atoms in total. The first-order valence-electron chi connectivity index (χ1n) is 4.63. The SMILES string of the molecule is CC1CC(N2CC(C(=O)O)C2)C1. The van der Waals surface area contributed by atoms with Crippen LogP contribution < -0.4 is 0 Å². The normalized spacial score (nSPS) is 37.1. The van der Waals surface area contributed by atoms with E-state index < -0.39 is 5.97 Å². The van der Waals surface area contributed by atoms with Crippen LogP contribution in [0.5, 0.6) is 0 Å². The van der Waals surface area contributed by atoms with Crippen LogP contribution in [0.1, 0.15) is 19.8 Å². The van der Waals surface area contributed by atoms with Crippen LogP contribution in [0.15, 0.2) is 0 Å². The first kappa shape index (κ1) is 8.05. The molecule has 2 rings (SSSR count). The Morgan fingerprint density at radius 3 is 2.42 bits per heavy atom. The number of carboxylic acid groups (broad SMARTS) is 1. The molecular weight excluding hydrogens is 154 g/mol. The summed E-state index contributed by atoms with van der Waals surface area (Å²) in [4.78, 5) is 12.8. The Morgan fingerprint density at radius 2 is 2.00 bits per heavy atom. The molecule has 0 bridgehead atoms. The van der Waals surface area contributed by atoms with Gasteiger partial charge in [-0.25, -0.2) is 0 Å². The van der Waals surface area contributed by atoms with Crippen LogP contribution in [0.3, 0.4) is 0 Å². The van der Waals surface area contributed by atoms with E-state index in [4.69, 9.17) is 5.11 Å². The lowest BCUT2D eigenvalue weighted by Crippen LogP contribution is -2.58. The number of rotatable bonds is 2. The summed E-state index contributed by atoms with van der Waals surface area (Å²) in [5, 5.41) is 8.65. The fourth-order valence-electron chi connectivity index (χ4n) is 2.13. The molecular formula is C9H15NO2. The number of carboxylic acids is 1. The molecule has 0 atom stereocenters. The topological polar surface area (TPSA) is 40.5 Å². The van der Waals surface area contributed by atoms with Crippen molar-refractivity contribution in [1.82, 2.24) is 4.90 Å². The summed E-state index contributed by atoms with van der Waals surface area (Å²) >= 11 is 0. The van der Waals surface area contributed by atoms with Crippen LogP contribution in [-0.2, 0) is 4.79 Å². The van der Waals surface area contributed by atoms with Crippen LogP contribution in [0.25, 0.3) is 0 Å². The summed E-state index contributed by atoms with van der Waals surface area (Å²) < 4.78 is 0. The maximum Gasteiger partial charge on any atom is 0.309 e. The Balaban J connectivity index is 1.72. The largest absolute Gasteiger partial charge is 0.481 e. The minimum absolute atomic E-state index is 0.0825. The minimum Gasteiger partial charge on any atom is -0.481 e. The number of nitrogens with zero attached hydrogens (tertiary/aromatic N) is 1. The highest BCUT2D eigenvalue weighted by Gasteiger charge is 2.40. The number of likely N-dealkylation sites (tertiary alicyclic amines) is 1. The molecule has 0 amide bonds. The molecule has 3 heteroatoms. The van der Waals surface area contributed by atoms with Crippen molar-refractivity contribution in [3.63, 3.8) is 0 Å². The zero-order valence-corrected chi connectivity index (χ0v) is 7.36. The van der Waals surface area contributed by atoms with Crippen molar-refractivity contribution in [3.8, 4) is 0 Å². The van der Waals surface area contributed by atoms with Gasteiger partial charge < -0.3 is 5.11 Å². The number of hydrogen-bond donors (Lipinski definition) is 1. The van der Waals surface area contributed by atoms with E-state index in [9.17, 15) is 4.79 Å². The molecule has 1 heterocycles. The predicted octanol–water partition coefficient (Wildman–Crippen LogP) is 0.801. The minimum atomic E-state index is -0.626. The molecule has 0 radical (unpaired) electrons. The zero-order valence-electron chi connectivity index (χ0n) is 7.36. The van der Waals surface area contributed by atoms with Gasteiger partial charge in [-0.2, -0.15) is 0 Å². The van der Waals surface area contributed by atoms with Crippen molar-refractivity contribution in [3.05, 3.63) is 0 Å². The molecule has 68 valence electrons. The molecule has 1 N–H and O–H groups in total. The summed E-state index contributed by atoms with van der Waals surface area (Å²) in [7, 11) is 0. The second-order valence-electron chi connectivity index (χ2n) is 4.22. The van der Waals surface area contributed by atoms with E-state index in [0.29, 0.717) is 6.04 Å². The van der Waals surface area contributed by atoms with Crippen LogP contribution in [0.2, 0.25) is 0 Å². The highest BCUT2D eigenvalue weighted by atomic mass is 16.4. The van der Waals surface area contributed by atoms with E-state index in [1.807, 2.05) is 0 Å². The van der Waals surface area contributed by atoms with Gasteiger partial charge in [0, 0.05) is 19.1 Å². The fraction of sp³-hybridized carbons (Fsp3) is 0.889. The van der Waals surface area contributed by atoms with Crippen LogP contribution in [0.4, 0.5) is 0 Å². The molecule has 1 saturated heterocycles. The van der Waals surface area contributed by atoms with E-state index in [2.05, 4.69) is 11.8 Å². The Bertz CT molecular complexity index is 193. The van der Waals surface area contributed by atoms with Gasteiger partial charge in [-0.05, 0) is 18.8 Å². The molecule has 1 aliphatic heterocycles. The lowest BCUT2D eigenvalue weighted by Gasteiger charge is -2.48. The first-order chi connectivity index (χ1) is 5.66. The van der Waals surface area contributed by atoms with Crippen LogP contribution in [0, 0.1) is 11.8 Å². The molecule has 0 spiro atoms. The monoisotopic (exact) mass is 169 g/mol. The Labute approximate surface area is 72.4 Å². The van der Waals surface area contributed by atoms with Gasteiger partial charge in [0.05, 0.1) is 5.92 Å². The highest BCUT2D eigenvalue weighted by molar-refractivity contribution is 5.71. The standard InChI is InChI=1S/C9H15NO2/c1-6-2-8(3-6)10-4-7(5-10)9(11)12/h6-8H,2-5H2,1H3,(H,11,12). The average molecular weight is 169 g/mol. The van der Waals surface area contributed by atoms with Crippen molar-refractivity contribution in [1.29, 1.82) is 0 Å². The number of aliphatic carboxylic acids is 1. The third-order valence-corrected chi connectivity index (χ3v) is 3.12. The molecule has 12 heavy (non-hydrogen) atoms. The van der Waals surface area contributed by atoms with Crippen molar-refractivity contribution >= 4 is 5.97 Å². The van der Waals surface area contributed by atoms with Gasteiger partial charge in [0.1, 0.15) is 0 Å². The third-order valence-electron chi connectivity index (χ3n) is 3.12. The maximum absolute atomic E-state index is 10.5. The highest BCUT2D eigenvalue weighted by Crippen LogP contribution is 2.34. The van der Waals surface area contributed by atoms with Gasteiger partial charge in [0.15, 0.2) is 0 Å². The van der Waals surface area contributed by atoms with Gasteiger partial charge in [0.2, 0.25) is 0 Å². The molecule has 2 fully saturated rings. The summed E-state index contributed by atoms with van der Waals surface area (Å²) in [6.45, 7) is 3.82. The second-order valence-corrected chi connectivity index (χ2v) is 4.22. The van der Waals surface area contributed by atoms with E-state index in [1.165, 1.54) is 12.8 Å². The van der Waals surface area contributed by atoms with Crippen LogP contribution >= 0.6 is 0 Å². The maximum atomic E-state index is 10.5. The van der Waals surface area contributed by atoms with E-state index >= 15 is 0 Å². The lowest BCUT2D eigenvalue weighted by molar-refractivity contribution is -0.150. The smallest absolute Gasteiger partial charge is 0.309 e. The van der Waals surface area contributed by atoms with Gasteiger partial charge in [-0.1, -0.05) is 6.92 Å². The van der Waals surface area contributed by atoms with Crippen LogP contribution in [-0.4, -0.2) is 35.1 Å². The molecule has 0 aromatic carbocycles. The van der Waals surface area contributed by atoms with Crippen molar-refractivity contribution in [2.24, 2.45) is 11.8 Å². The molecule has 0 unspecified atom stereocenters. The number of carbonyl (C=O) groups is 1. The van der Waals surface area contributed by atoms with Crippen molar-refractivity contribution < 1.29 is 9.90 Å². The molecule has 2 aliphatic rings. The summed E-state index contributed by atoms with van der Waals surface area (Å²) in [5.74, 6) is 0.151. The summed E-state index contributed by atoms with van der Waals surface area (Å²) in [6, 6.07) is 0.704. The van der Waals surface area contributed by atoms with E-state index in [-0.39, 0.29) is 5.92 Å². The zero-order chi connectivity index (χ0) is 8.72. The Morgan fingerprint density at radius 1 is 1.42 bits per heavy atom. The van der Waals surface area contributed by atoms with Crippen molar-refractivity contribution in [2.45, 2.75) is 25.8 Å². The van der Waals surface area contributed by atoms with Gasteiger partial charge in [-0.3, -0.25) is 9.69 Å². The third kappa shape index (κ3) is 1.22. The quantitative estimate of drug-likeness (QED) is 0.664. The van der Waals surface area contributed by atoms with Gasteiger partial charge in [-0.15, -0.1) is 0 Å². The average Bonchev–Trinajstić information content (AvgIpc) is 1.79. The Hall–Kier alpha value is -0.570. The molecule has 0 aromatic heterocycles. The van der Waals surface area contributed by atoms with E-state index in [1.54, 1.807) is 0 Å². The lowest BCUT2D eigenvalue weighted by atomic mass is 9.78. The number of hydrogen-bond acceptors (Lipinski definition) is 2.